The van der Waals surface area contributed by atoms with Crippen LogP contribution in [-0.2, 0) is 11.8 Å². The number of hydrogen-bond donors (Lipinski definition) is 2. The number of aliphatic hydroxyl groups excluding tert-OH is 1. The summed E-state index contributed by atoms with van der Waals surface area (Å²) in [4.78, 5) is 0. The second-order valence-electron chi connectivity index (χ2n) is 5.59. The molecule has 3 N–H and O–H groups in total. The van der Waals surface area contributed by atoms with Crippen molar-refractivity contribution >= 4 is 27.5 Å². The van der Waals surface area contributed by atoms with E-state index in [1.54, 1.807) is 6.07 Å². The first kappa shape index (κ1) is 15.0. The Bertz CT molecular complexity index is 676. The number of benzene rings is 2. The van der Waals surface area contributed by atoms with Crippen LogP contribution >= 0.6 is 27.5 Å². The van der Waals surface area contributed by atoms with Crippen LogP contribution in [0.2, 0.25) is 5.02 Å². The van der Waals surface area contributed by atoms with Crippen molar-refractivity contribution in [3.8, 4) is 0 Å². The minimum absolute atomic E-state index is 0.397. The van der Waals surface area contributed by atoms with Crippen molar-refractivity contribution in [3.05, 3.63) is 68.7 Å². The Morgan fingerprint density at radius 3 is 2.81 bits per heavy atom. The topological polar surface area (TPSA) is 46.2 Å². The zero-order chi connectivity index (χ0) is 15.0. The van der Waals surface area contributed by atoms with Gasteiger partial charge in [0.25, 0.3) is 0 Å². The molecule has 3 rings (SSSR count). The van der Waals surface area contributed by atoms with E-state index in [0.29, 0.717) is 11.6 Å². The van der Waals surface area contributed by atoms with Crippen LogP contribution in [0, 0.1) is 0 Å². The third-order valence-electron chi connectivity index (χ3n) is 4.53. The van der Waals surface area contributed by atoms with Crippen LogP contribution in [0.5, 0.6) is 0 Å². The molecule has 1 aliphatic carbocycles. The van der Waals surface area contributed by atoms with Gasteiger partial charge in [-0.1, -0.05) is 51.8 Å². The Labute approximate surface area is 138 Å². The number of aliphatic hydroxyl groups is 1. The van der Waals surface area contributed by atoms with Gasteiger partial charge in [-0.25, -0.2) is 0 Å². The molecule has 21 heavy (non-hydrogen) atoms. The first-order valence-corrected chi connectivity index (χ1v) is 8.17. The third-order valence-corrected chi connectivity index (χ3v) is 5.37. The van der Waals surface area contributed by atoms with Gasteiger partial charge in [-0.15, -0.1) is 0 Å². The number of aryl methyl sites for hydroxylation is 1. The van der Waals surface area contributed by atoms with Crippen molar-refractivity contribution < 1.29 is 5.11 Å². The Morgan fingerprint density at radius 1 is 1.29 bits per heavy atom. The van der Waals surface area contributed by atoms with E-state index < -0.39 is 11.5 Å². The molecule has 0 saturated heterocycles. The van der Waals surface area contributed by atoms with Crippen LogP contribution in [0.4, 0.5) is 0 Å². The lowest BCUT2D eigenvalue weighted by molar-refractivity contribution is 0.0841. The summed E-state index contributed by atoms with van der Waals surface area (Å²) in [5.41, 5.74) is 8.79. The Balaban J connectivity index is 2.11. The Hall–Kier alpha value is -0.870. The predicted octanol–water partition coefficient (Wildman–Crippen LogP) is 3.98. The molecule has 2 aromatic rings. The van der Waals surface area contributed by atoms with Gasteiger partial charge < -0.3 is 10.8 Å². The summed E-state index contributed by atoms with van der Waals surface area (Å²) >= 11 is 9.74. The third kappa shape index (κ3) is 2.42. The lowest BCUT2D eigenvalue weighted by atomic mass is 9.74. The molecule has 0 amide bonds. The van der Waals surface area contributed by atoms with E-state index in [1.807, 2.05) is 24.3 Å². The van der Waals surface area contributed by atoms with Crippen molar-refractivity contribution in [2.75, 3.05) is 6.54 Å². The van der Waals surface area contributed by atoms with Gasteiger partial charge >= 0.3 is 0 Å². The quantitative estimate of drug-likeness (QED) is 0.863. The normalized spacial score (nSPS) is 22.1. The average Bonchev–Trinajstić information content (AvgIpc) is 2.89. The summed E-state index contributed by atoms with van der Waals surface area (Å²) in [6, 6.07) is 13.8. The van der Waals surface area contributed by atoms with Crippen LogP contribution in [0.25, 0.3) is 0 Å². The highest BCUT2D eigenvalue weighted by atomic mass is 79.9. The van der Waals surface area contributed by atoms with Gasteiger partial charge in [0, 0.05) is 27.0 Å². The second kappa shape index (κ2) is 5.73. The van der Waals surface area contributed by atoms with Crippen molar-refractivity contribution in [3.63, 3.8) is 0 Å². The summed E-state index contributed by atoms with van der Waals surface area (Å²) < 4.78 is 0.902. The highest BCUT2D eigenvalue weighted by Crippen LogP contribution is 2.48. The van der Waals surface area contributed by atoms with Crippen LogP contribution in [-0.4, -0.2) is 11.7 Å². The average molecular weight is 367 g/mol. The molecule has 0 aliphatic heterocycles. The van der Waals surface area contributed by atoms with E-state index in [-0.39, 0.29) is 0 Å². The molecule has 0 heterocycles. The number of rotatable bonds is 3. The first-order chi connectivity index (χ1) is 10.1. The standard InChI is InChI=1S/C17H17BrClNO/c18-12-5-6-15(19)13(9-12)16(21)17(10-20)8-7-11-3-1-2-4-14(11)17/h1-6,9,16,21H,7-8,10,20H2. The number of halogens is 2. The van der Waals surface area contributed by atoms with E-state index in [4.69, 9.17) is 17.3 Å². The molecule has 2 nitrogen and oxygen atoms in total. The van der Waals surface area contributed by atoms with Crippen molar-refractivity contribution in [1.82, 2.24) is 0 Å². The first-order valence-electron chi connectivity index (χ1n) is 7.00. The monoisotopic (exact) mass is 365 g/mol. The molecule has 2 aromatic carbocycles. The molecule has 0 spiro atoms. The van der Waals surface area contributed by atoms with E-state index in [2.05, 4.69) is 28.1 Å². The van der Waals surface area contributed by atoms with Gasteiger partial charge in [0.2, 0.25) is 0 Å². The summed E-state index contributed by atoms with van der Waals surface area (Å²) in [6.45, 7) is 0.397. The maximum Gasteiger partial charge on any atom is 0.0913 e. The van der Waals surface area contributed by atoms with Gasteiger partial charge in [-0.05, 0) is 42.2 Å². The molecule has 0 radical (unpaired) electrons. The maximum absolute atomic E-state index is 11.0. The summed E-state index contributed by atoms with van der Waals surface area (Å²) in [5, 5.41) is 11.6. The largest absolute Gasteiger partial charge is 0.387 e. The SMILES string of the molecule is NCC1(C(O)c2cc(Br)ccc2Cl)CCc2ccccc21. The smallest absolute Gasteiger partial charge is 0.0913 e. The van der Waals surface area contributed by atoms with Gasteiger partial charge in [0.05, 0.1) is 6.10 Å². The van der Waals surface area contributed by atoms with E-state index in [0.717, 1.165) is 28.4 Å². The minimum Gasteiger partial charge on any atom is -0.387 e. The predicted molar refractivity (Wildman–Crippen MR) is 89.6 cm³/mol. The summed E-state index contributed by atoms with van der Waals surface area (Å²) in [7, 11) is 0. The molecule has 0 bridgehead atoms. The highest BCUT2D eigenvalue weighted by Gasteiger charge is 2.44. The molecule has 2 atom stereocenters. The zero-order valence-electron chi connectivity index (χ0n) is 11.5. The fraction of sp³-hybridized carbons (Fsp3) is 0.294. The van der Waals surface area contributed by atoms with Crippen LogP contribution in [0.1, 0.15) is 29.2 Å². The molecule has 0 saturated carbocycles. The van der Waals surface area contributed by atoms with Crippen molar-refractivity contribution in [2.45, 2.75) is 24.4 Å². The minimum atomic E-state index is -0.712. The number of fused-ring (bicyclic) bond motifs is 1. The van der Waals surface area contributed by atoms with E-state index in [9.17, 15) is 5.11 Å². The summed E-state index contributed by atoms with van der Waals surface area (Å²) in [5.74, 6) is 0. The number of hydrogen-bond acceptors (Lipinski definition) is 2. The van der Waals surface area contributed by atoms with Gasteiger partial charge in [-0.3, -0.25) is 0 Å². The van der Waals surface area contributed by atoms with Gasteiger partial charge in [-0.2, -0.15) is 0 Å². The number of nitrogens with two attached hydrogens (primary N) is 1. The molecule has 1 aliphatic rings. The summed E-state index contributed by atoms with van der Waals surface area (Å²) in [6.07, 6.45) is 1.07. The lowest BCUT2D eigenvalue weighted by Gasteiger charge is -2.35. The molecule has 2 unspecified atom stereocenters. The molecule has 0 fully saturated rings. The van der Waals surface area contributed by atoms with E-state index >= 15 is 0 Å². The maximum atomic E-state index is 11.0. The zero-order valence-corrected chi connectivity index (χ0v) is 13.9. The van der Waals surface area contributed by atoms with E-state index in [1.165, 1.54) is 5.56 Å². The second-order valence-corrected chi connectivity index (χ2v) is 6.91. The van der Waals surface area contributed by atoms with Crippen LogP contribution in [0.15, 0.2) is 46.9 Å². The molecule has 110 valence electrons. The Morgan fingerprint density at radius 2 is 2.05 bits per heavy atom. The molecule has 4 heteroatoms. The van der Waals surface area contributed by atoms with Crippen LogP contribution in [0.3, 0.4) is 0 Å². The van der Waals surface area contributed by atoms with Crippen molar-refractivity contribution in [2.24, 2.45) is 5.73 Å². The Kier molecular flexibility index (Phi) is 4.10. The highest BCUT2D eigenvalue weighted by molar-refractivity contribution is 9.10. The molecular formula is C17H17BrClNO. The van der Waals surface area contributed by atoms with Gasteiger partial charge in [0.15, 0.2) is 0 Å². The fourth-order valence-corrected chi connectivity index (χ4v) is 3.95. The fourth-order valence-electron chi connectivity index (χ4n) is 3.35. The van der Waals surface area contributed by atoms with Gasteiger partial charge in [0.1, 0.15) is 0 Å². The molecular weight excluding hydrogens is 350 g/mol. The van der Waals surface area contributed by atoms with Crippen molar-refractivity contribution in [1.29, 1.82) is 0 Å². The lowest BCUT2D eigenvalue weighted by Crippen LogP contribution is -2.39. The molecule has 0 aromatic heterocycles. The van der Waals surface area contributed by atoms with Crippen LogP contribution < -0.4 is 5.73 Å².